The van der Waals surface area contributed by atoms with Gasteiger partial charge in [-0.3, -0.25) is 4.98 Å². The molecule has 0 amide bonds. The number of rotatable bonds is 2. The third-order valence-corrected chi connectivity index (χ3v) is 5.24. The van der Waals surface area contributed by atoms with Crippen LogP contribution in [0.2, 0.25) is 0 Å². The highest BCUT2D eigenvalue weighted by Gasteiger charge is 2.52. The third-order valence-electron chi connectivity index (χ3n) is 5.24. The molecule has 2 bridgehead atoms. The lowest BCUT2D eigenvalue weighted by atomic mass is 9.48. The fourth-order valence-corrected chi connectivity index (χ4v) is 3.83. The standard InChI is InChI=1S/C16H23N/c1-5-6-11-7-13-14-8-12(16(14,3)4)9-15(13)17-10(11)2/h7,12,14H,5-6,8-9H2,1-4H3. The van der Waals surface area contributed by atoms with E-state index in [1.807, 2.05) is 0 Å². The van der Waals surface area contributed by atoms with Crippen LogP contribution in [0.4, 0.5) is 0 Å². The summed E-state index contributed by atoms with van der Waals surface area (Å²) in [6.45, 7) is 9.31. The first-order valence-corrected chi connectivity index (χ1v) is 7.03. The van der Waals surface area contributed by atoms with Crippen LogP contribution >= 0.6 is 0 Å². The molecule has 3 aliphatic carbocycles. The Morgan fingerprint density at radius 3 is 2.82 bits per heavy atom. The van der Waals surface area contributed by atoms with Gasteiger partial charge in [-0.15, -0.1) is 0 Å². The molecule has 3 aliphatic rings. The molecular weight excluding hydrogens is 206 g/mol. The summed E-state index contributed by atoms with van der Waals surface area (Å²) in [5.74, 6) is 1.66. The van der Waals surface area contributed by atoms with Gasteiger partial charge in [0.25, 0.3) is 0 Å². The van der Waals surface area contributed by atoms with Gasteiger partial charge in [-0.25, -0.2) is 0 Å². The first-order chi connectivity index (χ1) is 8.04. The molecule has 1 heterocycles. The fraction of sp³-hybridized carbons (Fsp3) is 0.688. The molecular formula is C16H23N. The number of hydrogen-bond acceptors (Lipinski definition) is 1. The van der Waals surface area contributed by atoms with Crippen LogP contribution in [0.15, 0.2) is 6.07 Å². The molecule has 17 heavy (non-hydrogen) atoms. The topological polar surface area (TPSA) is 12.9 Å². The Morgan fingerprint density at radius 1 is 1.41 bits per heavy atom. The normalized spacial score (nSPS) is 28.5. The van der Waals surface area contributed by atoms with Gasteiger partial charge in [0.05, 0.1) is 0 Å². The van der Waals surface area contributed by atoms with Crippen molar-refractivity contribution in [2.45, 2.75) is 59.3 Å². The van der Waals surface area contributed by atoms with Crippen LogP contribution < -0.4 is 0 Å². The Labute approximate surface area is 105 Å². The van der Waals surface area contributed by atoms with Crippen LogP contribution in [0.5, 0.6) is 0 Å². The maximum atomic E-state index is 4.88. The lowest BCUT2D eigenvalue weighted by Gasteiger charge is -2.56. The quantitative estimate of drug-likeness (QED) is 0.746. The molecule has 0 aliphatic heterocycles. The van der Waals surface area contributed by atoms with Crippen molar-refractivity contribution in [1.29, 1.82) is 0 Å². The highest BCUT2D eigenvalue weighted by molar-refractivity contribution is 5.40. The highest BCUT2D eigenvalue weighted by Crippen LogP contribution is 2.61. The van der Waals surface area contributed by atoms with Gasteiger partial charge in [-0.2, -0.15) is 0 Å². The van der Waals surface area contributed by atoms with Gasteiger partial charge < -0.3 is 0 Å². The highest BCUT2D eigenvalue weighted by atomic mass is 14.8. The molecule has 0 saturated heterocycles. The molecule has 4 rings (SSSR count). The van der Waals surface area contributed by atoms with Gasteiger partial charge in [-0.05, 0) is 54.6 Å². The summed E-state index contributed by atoms with van der Waals surface area (Å²) in [6.07, 6.45) is 5.02. The summed E-state index contributed by atoms with van der Waals surface area (Å²) in [7, 11) is 0. The van der Waals surface area contributed by atoms with Gasteiger partial charge in [-0.1, -0.05) is 33.3 Å². The van der Waals surface area contributed by atoms with E-state index >= 15 is 0 Å². The first-order valence-electron chi connectivity index (χ1n) is 7.03. The summed E-state index contributed by atoms with van der Waals surface area (Å²) >= 11 is 0. The van der Waals surface area contributed by atoms with Crippen molar-refractivity contribution in [1.82, 2.24) is 4.98 Å². The fourth-order valence-electron chi connectivity index (χ4n) is 3.83. The average molecular weight is 229 g/mol. The molecule has 2 unspecified atom stereocenters. The molecule has 0 radical (unpaired) electrons. The minimum atomic E-state index is 0.521. The van der Waals surface area contributed by atoms with Crippen LogP contribution in [0.3, 0.4) is 0 Å². The Hall–Kier alpha value is -0.850. The Bertz CT molecular complexity index is 459. The van der Waals surface area contributed by atoms with Gasteiger partial charge in [0.2, 0.25) is 0 Å². The second-order valence-electron chi connectivity index (χ2n) is 6.53. The number of aromatic nitrogens is 1. The summed E-state index contributed by atoms with van der Waals surface area (Å²) in [5.41, 5.74) is 6.25. The van der Waals surface area contributed by atoms with Gasteiger partial charge in [0.15, 0.2) is 0 Å². The first kappa shape index (κ1) is 11.3. The predicted octanol–water partition coefficient (Wildman–Crippen LogP) is 4.03. The van der Waals surface area contributed by atoms with E-state index in [1.165, 1.54) is 42.6 Å². The van der Waals surface area contributed by atoms with E-state index in [-0.39, 0.29) is 0 Å². The van der Waals surface area contributed by atoms with Gasteiger partial charge >= 0.3 is 0 Å². The summed E-state index contributed by atoms with van der Waals surface area (Å²) in [5, 5.41) is 0. The van der Waals surface area contributed by atoms with Crippen molar-refractivity contribution in [3.63, 3.8) is 0 Å². The van der Waals surface area contributed by atoms with Crippen LogP contribution in [0, 0.1) is 18.3 Å². The molecule has 0 aromatic carbocycles. The Morgan fingerprint density at radius 2 is 2.18 bits per heavy atom. The smallest absolute Gasteiger partial charge is 0.0444 e. The van der Waals surface area contributed by atoms with Crippen molar-refractivity contribution in [3.05, 3.63) is 28.6 Å². The van der Waals surface area contributed by atoms with Crippen molar-refractivity contribution < 1.29 is 0 Å². The second-order valence-corrected chi connectivity index (χ2v) is 6.53. The number of aryl methyl sites for hydroxylation is 2. The van der Waals surface area contributed by atoms with Crippen LogP contribution in [-0.2, 0) is 12.8 Å². The lowest BCUT2D eigenvalue weighted by molar-refractivity contribution is 0.0168. The van der Waals surface area contributed by atoms with E-state index in [9.17, 15) is 0 Å². The molecule has 0 spiro atoms. The van der Waals surface area contributed by atoms with E-state index in [0.717, 1.165) is 11.8 Å². The zero-order valence-electron chi connectivity index (χ0n) is 11.5. The number of pyridine rings is 1. The Kier molecular flexibility index (Phi) is 2.36. The van der Waals surface area contributed by atoms with Crippen molar-refractivity contribution in [2.75, 3.05) is 0 Å². The van der Waals surface area contributed by atoms with Gasteiger partial charge in [0, 0.05) is 11.4 Å². The lowest BCUT2D eigenvalue weighted by Crippen LogP contribution is -2.48. The molecule has 0 N–H and O–H groups in total. The average Bonchev–Trinajstić information content (AvgIpc) is 2.29. The van der Waals surface area contributed by atoms with E-state index in [4.69, 9.17) is 4.98 Å². The zero-order chi connectivity index (χ0) is 12.2. The summed E-state index contributed by atoms with van der Waals surface area (Å²) < 4.78 is 0. The van der Waals surface area contributed by atoms with E-state index in [0.29, 0.717) is 5.41 Å². The molecule has 1 fully saturated rings. The molecule has 1 aromatic heterocycles. The molecule has 1 aromatic rings. The molecule has 92 valence electrons. The second kappa shape index (κ2) is 3.57. The molecule has 1 nitrogen and oxygen atoms in total. The van der Waals surface area contributed by atoms with Crippen LogP contribution in [-0.4, -0.2) is 4.98 Å². The minimum absolute atomic E-state index is 0.521. The third kappa shape index (κ3) is 1.47. The van der Waals surface area contributed by atoms with Crippen molar-refractivity contribution in [2.24, 2.45) is 11.3 Å². The Balaban J connectivity index is 2.05. The molecule has 1 heteroatoms. The maximum absolute atomic E-state index is 4.88. The predicted molar refractivity (Wildman–Crippen MR) is 71.3 cm³/mol. The van der Waals surface area contributed by atoms with Crippen LogP contribution in [0.1, 0.15) is 62.0 Å². The zero-order valence-corrected chi connectivity index (χ0v) is 11.5. The largest absolute Gasteiger partial charge is 0.258 e. The number of hydrogen-bond donors (Lipinski definition) is 0. The van der Waals surface area contributed by atoms with Crippen LogP contribution in [0.25, 0.3) is 0 Å². The van der Waals surface area contributed by atoms with E-state index in [1.54, 1.807) is 5.56 Å². The SMILES string of the molecule is CCCc1cc2c(nc1C)CC1CC2C1(C)C. The van der Waals surface area contributed by atoms with Crippen molar-refractivity contribution in [3.8, 4) is 0 Å². The van der Waals surface area contributed by atoms with Gasteiger partial charge in [0.1, 0.15) is 0 Å². The van der Waals surface area contributed by atoms with Crippen molar-refractivity contribution >= 4 is 0 Å². The summed E-state index contributed by atoms with van der Waals surface area (Å²) in [6, 6.07) is 2.48. The van der Waals surface area contributed by atoms with E-state index < -0.39 is 0 Å². The number of nitrogens with zero attached hydrogens (tertiary/aromatic N) is 1. The van der Waals surface area contributed by atoms with E-state index in [2.05, 4.69) is 33.8 Å². The maximum Gasteiger partial charge on any atom is 0.0444 e. The molecule has 1 saturated carbocycles. The molecule has 2 atom stereocenters. The minimum Gasteiger partial charge on any atom is -0.258 e. The monoisotopic (exact) mass is 229 g/mol. The summed E-state index contributed by atoms with van der Waals surface area (Å²) in [4.78, 5) is 4.88.